The van der Waals surface area contributed by atoms with Crippen molar-refractivity contribution >= 4 is 29.2 Å². The molecule has 0 aliphatic rings. The number of carbonyl (C=O) groups excluding carboxylic acids is 1. The number of imidazole rings is 1. The summed E-state index contributed by atoms with van der Waals surface area (Å²) in [6, 6.07) is 5.91. The van der Waals surface area contributed by atoms with E-state index in [1.54, 1.807) is 42.3 Å². The summed E-state index contributed by atoms with van der Waals surface area (Å²) < 4.78 is 20.3. The zero-order valence-corrected chi connectivity index (χ0v) is 18.0. The Morgan fingerprint density at radius 3 is 2.78 bits per heavy atom. The summed E-state index contributed by atoms with van der Waals surface area (Å²) in [6.45, 7) is 3.84. The van der Waals surface area contributed by atoms with Crippen molar-refractivity contribution < 1.29 is 13.9 Å². The Morgan fingerprint density at radius 1 is 1.22 bits per heavy atom. The van der Waals surface area contributed by atoms with Crippen molar-refractivity contribution in [1.82, 2.24) is 24.5 Å². The number of aryl methyl sites for hydroxylation is 1. The molecule has 0 aliphatic heterocycles. The second-order valence-corrected chi connectivity index (χ2v) is 7.12. The fourth-order valence-electron chi connectivity index (χ4n) is 3.04. The Hall–Kier alpha value is -3.85. The maximum atomic E-state index is 13.5. The smallest absolute Gasteiger partial charge is 0.339 e. The van der Waals surface area contributed by atoms with Crippen LogP contribution in [-0.4, -0.2) is 37.1 Å². The van der Waals surface area contributed by atoms with Crippen LogP contribution < -0.4 is 5.32 Å². The molecule has 0 radical (unpaired) electrons. The van der Waals surface area contributed by atoms with Crippen LogP contribution in [0, 0.1) is 12.7 Å². The van der Waals surface area contributed by atoms with E-state index < -0.39 is 11.8 Å². The lowest BCUT2D eigenvalue weighted by atomic mass is 10.1. The van der Waals surface area contributed by atoms with E-state index >= 15 is 0 Å². The van der Waals surface area contributed by atoms with Gasteiger partial charge in [0.05, 0.1) is 17.2 Å². The molecule has 0 unspecified atom stereocenters. The number of hydrogen-bond donors (Lipinski definition) is 1. The third kappa shape index (κ3) is 4.42. The molecule has 3 heterocycles. The van der Waals surface area contributed by atoms with E-state index in [1.807, 2.05) is 6.92 Å². The van der Waals surface area contributed by atoms with Gasteiger partial charge in [-0.3, -0.25) is 9.55 Å². The van der Waals surface area contributed by atoms with E-state index in [2.05, 4.69) is 25.3 Å². The fraction of sp³-hybridized carbons (Fsp3) is 0.136. The minimum Gasteiger partial charge on any atom is -0.462 e. The fourth-order valence-corrected chi connectivity index (χ4v) is 3.22. The van der Waals surface area contributed by atoms with Gasteiger partial charge in [-0.15, -0.1) is 0 Å². The first kappa shape index (κ1) is 21.4. The first-order chi connectivity index (χ1) is 15.5. The van der Waals surface area contributed by atoms with Gasteiger partial charge in [0.1, 0.15) is 11.6 Å². The van der Waals surface area contributed by atoms with E-state index in [0.717, 1.165) is 0 Å². The second kappa shape index (κ2) is 9.11. The summed E-state index contributed by atoms with van der Waals surface area (Å²) in [6.07, 6.45) is 8.09. The molecule has 1 aromatic carbocycles. The zero-order valence-electron chi connectivity index (χ0n) is 17.2. The van der Waals surface area contributed by atoms with E-state index in [4.69, 9.17) is 16.3 Å². The number of aromatic nitrogens is 5. The number of benzene rings is 1. The van der Waals surface area contributed by atoms with Crippen LogP contribution in [0.3, 0.4) is 0 Å². The minimum absolute atomic E-state index is 0.0147. The van der Waals surface area contributed by atoms with Crippen LogP contribution in [0.4, 0.5) is 16.0 Å². The SMILES string of the molecule is CCOC(=O)c1cncc(-c2cnc(Nc3ccc(F)c(Cl)c3)nc2-n2ccnc2C)c1. The second-order valence-electron chi connectivity index (χ2n) is 6.71. The lowest BCUT2D eigenvalue weighted by molar-refractivity contribution is 0.0526. The summed E-state index contributed by atoms with van der Waals surface area (Å²) in [7, 11) is 0. The molecule has 10 heteroatoms. The molecule has 8 nitrogen and oxygen atoms in total. The van der Waals surface area contributed by atoms with Crippen molar-refractivity contribution in [2.24, 2.45) is 0 Å². The number of esters is 1. The molecular formula is C22H18ClFN6O2. The van der Waals surface area contributed by atoms with Crippen LogP contribution in [0.1, 0.15) is 23.1 Å². The molecule has 0 fully saturated rings. The molecule has 1 N–H and O–H groups in total. The normalized spacial score (nSPS) is 10.8. The maximum Gasteiger partial charge on any atom is 0.339 e. The average Bonchev–Trinajstić information content (AvgIpc) is 3.22. The highest BCUT2D eigenvalue weighted by Gasteiger charge is 2.16. The highest BCUT2D eigenvalue weighted by molar-refractivity contribution is 6.31. The van der Waals surface area contributed by atoms with Gasteiger partial charge in [0.2, 0.25) is 5.95 Å². The molecule has 0 bridgehead atoms. The number of nitrogens with zero attached hydrogens (tertiary/aromatic N) is 5. The molecular weight excluding hydrogens is 435 g/mol. The van der Waals surface area contributed by atoms with E-state index in [9.17, 15) is 9.18 Å². The quantitative estimate of drug-likeness (QED) is 0.422. The molecule has 32 heavy (non-hydrogen) atoms. The summed E-state index contributed by atoms with van der Waals surface area (Å²) >= 11 is 5.87. The minimum atomic E-state index is -0.516. The lowest BCUT2D eigenvalue weighted by Gasteiger charge is -2.14. The third-order valence-electron chi connectivity index (χ3n) is 4.56. The first-order valence-electron chi connectivity index (χ1n) is 9.68. The molecule has 0 amide bonds. The van der Waals surface area contributed by atoms with Crippen molar-refractivity contribution in [2.45, 2.75) is 13.8 Å². The number of carbonyl (C=O) groups is 1. The number of halogens is 2. The number of nitrogens with one attached hydrogen (secondary N) is 1. The van der Waals surface area contributed by atoms with Gasteiger partial charge >= 0.3 is 5.97 Å². The van der Waals surface area contributed by atoms with Crippen molar-refractivity contribution in [3.05, 3.63) is 77.5 Å². The molecule has 0 aliphatic carbocycles. The Balaban J connectivity index is 1.78. The van der Waals surface area contributed by atoms with Gasteiger partial charge in [0.15, 0.2) is 5.82 Å². The van der Waals surface area contributed by atoms with Crippen molar-refractivity contribution in [1.29, 1.82) is 0 Å². The first-order valence-corrected chi connectivity index (χ1v) is 10.1. The van der Waals surface area contributed by atoms with Crippen LogP contribution in [0.25, 0.3) is 16.9 Å². The number of hydrogen-bond acceptors (Lipinski definition) is 7. The molecule has 3 aromatic heterocycles. The molecule has 0 spiro atoms. The van der Waals surface area contributed by atoms with Gasteiger partial charge in [0.25, 0.3) is 0 Å². The van der Waals surface area contributed by atoms with Gasteiger partial charge in [-0.25, -0.2) is 19.2 Å². The zero-order chi connectivity index (χ0) is 22.7. The third-order valence-corrected chi connectivity index (χ3v) is 4.85. The molecule has 4 rings (SSSR count). The summed E-state index contributed by atoms with van der Waals surface area (Å²) in [5, 5.41) is 3.01. The topological polar surface area (TPSA) is 94.8 Å². The van der Waals surface area contributed by atoms with Crippen molar-refractivity contribution in [2.75, 3.05) is 11.9 Å². The van der Waals surface area contributed by atoms with Gasteiger partial charge in [0, 0.05) is 47.8 Å². The van der Waals surface area contributed by atoms with Crippen molar-refractivity contribution in [3.63, 3.8) is 0 Å². The van der Waals surface area contributed by atoms with E-state index in [0.29, 0.717) is 34.0 Å². The standard InChI is InChI=1S/C22H18ClFN6O2/c1-3-32-21(31)15-8-14(10-25-11-15)17-12-27-22(28-16-4-5-19(24)18(23)9-16)29-20(17)30-7-6-26-13(30)2/h4-12H,3H2,1-2H3,(H,27,28,29). The average molecular weight is 453 g/mol. The summed E-state index contributed by atoms with van der Waals surface area (Å²) in [5.41, 5.74) is 2.12. The summed E-state index contributed by atoms with van der Waals surface area (Å²) in [4.78, 5) is 29.6. The van der Waals surface area contributed by atoms with Crippen LogP contribution in [-0.2, 0) is 4.74 Å². The molecule has 4 aromatic rings. The van der Waals surface area contributed by atoms with Gasteiger partial charge in [-0.1, -0.05) is 11.6 Å². The monoisotopic (exact) mass is 452 g/mol. The molecule has 0 saturated heterocycles. The number of rotatable bonds is 6. The van der Waals surface area contributed by atoms with Crippen molar-refractivity contribution in [3.8, 4) is 16.9 Å². The Bertz CT molecular complexity index is 1290. The predicted molar refractivity (Wildman–Crippen MR) is 118 cm³/mol. The maximum absolute atomic E-state index is 13.5. The highest BCUT2D eigenvalue weighted by Crippen LogP contribution is 2.28. The van der Waals surface area contributed by atoms with Gasteiger partial charge in [-0.05, 0) is 38.1 Å². The van der Waals surface area contributed by atoms with Crippen LogP contribution in [0.15, 0.2) is 55.2 Å². The molecule has 0 atom stereocenters. The number of pyridine rings is 1. The Morgan fingerprint density at radius 2 is 2.06 bits per heavy atom. The Labute approximate surface area is 188 Å². The summed E-state index contributed by atoms with van der Waals surface area (Å²) in [5.74, 6) is 0.518. The van der Waals surface area contributed by atoms with Gasteiger partial charge < -0.3 is 10.1 Å². The largest absolute Gasteiger partial charge is 0.462 e. The van der Waals surface area contributed by atoms with Crippen LogP contribution in [0.5, 0.6) is 0 Å². The van der Waals surface area contributed by atoms with E-state index in [1.165, 1.54) is 24.4 Å². The number of ether oxygens (including phenoxy) is 1. The van der Waals surface area contributed by atoms with Crippen LogP contribution in [0.2, 0.25) is 5.02 Å². The van der Waals surface area contributed by atoms with Crippen LogP contribution >= 0.6 is 11.6 Å². The Kier molecular flexibility index (Phi) is 6.09. The lowest BCUT2D eigenvalue weighted by Crippen LogP contribution is -2.08. The highest BCUT2D eigenvalue weighted by atomic mass is 35.5. The van der Waals surface area contributed by atoms with Gasteiger partial charge in [-0.2, -0.15) is 4.98 Å². The number of anilines is 2. The van der Waals surface area contributed by atoms with E-state index in [-0.39, 0.29) is 17.6 Å². The molecule has 162 valence electrons. The molecule has 0 saturated carbocycles. The predicted octanol–water partition coefficient (Wildman–Crippen LogP) is 4.75.